The van der Waals surface area contributed by atoms with Crippen LogP contribution in [0.15, 0.2) is 18.2 Å². The molecule has 1 aromatic rings. The molecule has 4 heteroatoms. The summed E-state index contributed by atoms with van der Waals surface area (Å²) >= 11 is 0. The van der Waals surface area contributed by atoms with E-state index in [9.17, 15) is 4.79 Å². The number of hydrogen-bond acceptors (Lipinski definition) is 3. The van der Waals surface area contributed by atoms with E-state index < -0.39 is 0 Å². The number of fused-ring (bicyclic) bond motifs is 1. The molecule has 1 aliphatic rings. The number of amides is 1. The molecule has 0 fully saturated rings. The van der Waals surface area contributed by atoms with Crippen molar-refractivity contribution >= 4 is 11.6 Å². The van der Waals surface area contributed by atoms with E-state index in [4.69, 9.17) is 10.5 Å². The fourth-order valence-corrected chi connectivity index (χ4v) is 1.39. The van der Waals surface area contributed by atoms with E-state index in [1.165, 1.54) is 0 Å². The van der Waals surface area contributed by atoms with Crippen molar-refractivity contribution in [1.82, 2.24) is 0 Å². The number of carbonyl (C=O) groups is 1. The first-order valence-electron chi connectivity index (χ1n) is 4.55. The lowest BCUT2D eigenvalue weighted by atomic mass is 10.2. The SMILES string of the molecule is NCc1ccc2c(c1)NC(=O)CCO2. The Morgan fingerprint density at radius 1 is 1.50 bits per heavy atom. The molecular weight excluding hydrogens is 180 g/mol. The highest BCUT2D eigenvalue weighted by Gasteiger charge is 2.13. The topological polar surface area (TPSA) is 64.3 Å². The minimum Gasteiger partial charge on any atom is -0.491 e. The van der Waals surface area contributed by atoms with Gasteiger partial charge < -0.3 is 15.8 Å². The second-order valence-electron chi connectivity index (χ2n) is 3.18. The normalized spacial score (nSPS) is 15.1. The summed E-state index contributed by atoms with van der Waals surface area (Å²) in [5, 5.41) is 2.78. The average molecular weight is 192 g/mol. The number of ether oxygens (including phenoxy) is 1. The van der Waals surface area contributed by atoms with Crippen molar-refractivity contribution < 1.29 is 9.53 Å². The minimum absolute atomic E-state index is 0.0158. The second-order valence-corrected chi connectivity index (χ2v) is 3.18. The van der Waals surface area contributed by atoms with Crippen LogP contribution in [0.2, 0.25) is 0 Å². The standard InChI is InChI=1S/C10H12N2O2/c11-6-7-1-2-9-8(5-7)12-10(13)3-4-14-9/h1-2,5H,3-4,6,11H2,(H,12,13). The highest BCUT2D eigenvalue weighted by atomic mass is 16.5. The highest BCUT2D eigenvalue weighted by Crippen LogP contribution is 2.27. The van der Waals surface area contributed by atoms with Crippen molar-refractivity contribution in [1.29, 1.82) is 0 Å². The average Bonchev–Trinajstić information content (AvgIpc) is 2.37. The van der Waals surface area contributed by atoms with E-state index in [1.54, 1.807) is 0 Å². The largest absolute Gasteiger partial charge is 0.491 e. The Morgan fingerprint density at radius 3 is 3.14 bits per heavy atom. The van der Waals surface area contributed by atoms with Gasteiger partial charge in [-0.25, -0.2) is 0 Å². The lowest BCUT2D eigenvalue weighted by Crippen LogP contribution is -2.10. The zero-order valence-corrected chi connectivity index (χ0v) is 7.75. The van der Waals surface area contributed by atoms with Crippen LogP contribution in [0.25, 0.3) is 0 Å². The van der Waals surface area contributed by atoms with Gasteiger partial charge in [0.05, 0.1) is 18.7 Å². The third-order valence-corrected chi connectivity index (χ3v) is 2.14. The monoisotopic (exact) mass is 192 g/mol. The van der Waals surface area contributed by atoms with E-state index in [0.717, 1.165) is 11.3 Å². The van der Waals surface area contributed by atoms with Crippen molar-refractivity contribution in [3.8, 4) is 5.75 Å². The Bertz CT molecular complexity index is 363. The highest BCUT2D eigenvalue weighted by molar-refractivity contribution is 5.93. The fraction of sp³-hybridized carbons (Fsp3) is 0.300. The second kappa shape index (κ2) is 3.67. The summed E-state index contributed by atoms with van der Waals surface area (Å²) in [6, 6.07) is 5.58. The maximum absolute atomic E-state index is 11.2. The minimum atomic E-state index is -0.0158. The van der Waals surface area contributed by atoms with Gasteiger partial charge in [-0.15, -0.1) is 0 Å². The van der Waals surface area contributed by atoms with E-state index >= 15 is 0 Å². The molecule has 3 N–H and O–H groups in total. The first-order valence-corrected chi connectivity index (χ1v) is 4.55. The summed E-state index contributed by atoms with van der Waals surface area (Å²) in [4.78, 5) is 11.2. The summed E-state index contributed by atoms with van der Waals surface area (Å²) in [6.07, 6.45) is 0.395. The van der Waals surface area contributed by atoms with Crippen LogP contribution >= 0.6 is 0 Å². The third-order valence-electron chi connectivity index (χ3n) is 2.14. The van der Waals surface area contributed by atoms with Gasteiger partial charge in [-0.1, -0.05) is 6.07 Å². The number of nitrogens with one attached hydrogen (secondary N) is 1. The molecule has 1 aliphatic heterocycles. The molecule has 2 rings (SSSR count). The Hall–Kier alpha value is -1.55. The molecular formula is C10H12N2O2. The molecule has 0 atom stereocenters. The summed E-state index contributed by atoms with van der Waals surface area (Å²) in [7, 11) is 0. The number of rotatable bonds is 1. The van der Waals surface area contributed by atoms with Gasteiger partial charge in [-0.3, -0.25) is 4.79 Å². The molecule has 0 saturated carbocycles. The number of anilines is 1. The lowest BCUT2D eigenvalue weighted by Gasteiger charge is -2.07. The quantitative estimate of drug-likeness (QED) is 0.693. The van der Waals surface area contributed by atoms with Gasteiger partial charge in [0, 0.05) is 6.54 Å². The molecule has 0 unspecified atom stereocenters. The Labute approximate surface area is 82.1 Å². The number of carbonyl (C=O) groups excluding carboxylic acids is 1. The van der Waals surface area contributed by atoms with Gasteiger partial charge in [0.25, 0.3) is 0 Å². The van der Waals surface area contributed by atoms with Crippen LogP contribution in [-0.4, -0.2) is 12.5 Å². The van der Waals surface area contributed by atoms with Crippen molar-refractivity contribution in [2.45, 2.75) is 13.0 Å². The van der Waals surface area contributed by atoms with Crippen LogP contribution < -0.4 is 15.8 Å². The summed E-state index contributed by atoms with van der Waals surface area (Å²) in [5.41, 5.74) is 7.20. The molecule has 1 heterocycles. The lowest BCUT2D eigenvalue weighted by molar-refractivity contribution is -0.116. The van der Waals surface area contributed by atoms with Gasteiger partial charge in [0.1, 0.15) is 5.75 Å². The van der Waals surface area contributed by atoms with Crippen LogP contribution in [0.4, 0.5) is 5.69 Å². The zero-order valence-electron chi connectivity index (χ0n) is 7.75. The molecule has 1 amide bonds. The molecule has 0 bridgehead atoms. The van der Waals surface area contributed by atoms with Gasteiger partial charge in [0.2, 0.25) is 5.91 Å². The zero-order chi connectivity index (χ0) is 9.97. The molecule has 0 aliphatic carbocycles. The summed E-state index contributed by atoms with van der Waals surface area (Å²) < 4.78 is 5.39. The molecule has 14 heavy (non-hydrogen) atoms. The first-order chi connectivity index (χ1) is 6.79. The predicted molar refractivity (Wildman–Crippen MR) is 53.1 cm³/mol. The van der Waals surface area contributed by atoms with Gasteiger partial charge in [-0.05, 0) is 17.7 Å². The number of benzene rings is 1. The van der Waals surface area contributed by atoms with Gasteiger partial charge in [0.15, 0.2) is 0 Å². The van der Waals surface area contributed by atoms with E-state index in [1.807, 2.05) is 18.2 Å². The van der Waals surface area contributed by atoms with Gasteiger partial charge in [-0.2, -0.15) is 0 Å². The molecule has 0 radical (unpaired) electrons. The molecule has 4 nitrogen and oxygen atoms in total. The van der Waals surface area contributed by atoms with Crippen LogP contribution in [0.1, 0.15) is 12.0 Å². The first kappa shape index (κ1) is 9.02. The molecule has 74 valence electrons. The number of nitrogens with two attached hydrogens (primary N) is 1. The van der Waals surface area contributed by atoms with Crippen LogP contribution in [-0.2, 0) is 11.3 Å². The van der Waals surface area contributed by atoms with Crippen LogP contribution in [0.3, 0.4) is 0 Å². The fourth-order valence-electron chi connectivity index (χ4n) is 1.39. The van der Waals surface area contributed by atoms with Crippen molar-refractivity contribution in [2.24, 2.45) is 5.73 Å². The summed E-state index contributed by atoms with van der Waals surface area (Å²) in [6.45, 7) is 0.893. The van der Waals surface area contributed by atoms with E-state index in [-0.39, 0.29) is 5.91 Å². The van der Waals surface area contributed by atoms with Crippen molar-refractivity contribution in [2.75, 3.05) is 11.9 Å². The molecule has 0 saturated heterocycles. The van der Waals surface area contributed by atoms with Crippen molar-refractivity contribution in [3.05, 3.63) is 23.8 Å². The van der Waals surface area contributed by atoms with E-state index in [0.29, 0.717) is 25.3 Å². The third kappa shape index (κ3) is 1.70. The van der Waals surface area contributed by atoms with E-state index in [2.05, 4.69) is 5.32 Å². The van der Waals surface area contributed by atoms with Gasteiger partial charge >= 0.3 is 0 Å². The summed E-state index contributed by atoms with van der Waals surface area (Å²) in [5.74, 6) is 0.700. The van der Waals surface area contributed by atoms with Crippen molar-refractivity contribution in [3.63, 3.8) is 0 Å². The smallest absolute Gasteiger partial charge is 0.227 e. The molecule has 0 aromatic heterocycles. The number of hydrogen-bond donors (Lipinski definition) is 2. The Balaban J connectivity index is 2.36. The predicted octanol–water partition coefficient (Wildman–Crippen LogP) is 0.866. The molecule has 0 spiro atoms. The maximum Gasteiger partial charge on any atom is 0.227 e. The Kier molecular flexibility index (Phi) is 2.37. The van der Waals surface area contributed by atoms with Crippen LogP contribution in [0.5, 0.6) is 5.75 Å². The maximum atomic E-state index is 11.2. The Morgan fingerprint density at radius 2 is 2.36 bits per heavy atom. The van der Waals surface area contributed by atoms with Crippen LogP contribution in [0, 0.1) is 0 Å². The molecule has 1 aromatic carbocycles.